The fourth-order valence-electron chi connectivity index (χ4n) is 1.54. The number of carbonyl (C=O) groups excluding carboxylic acids is 1. The summed E-state index contributed by atoms with van der Waals surface area (Å²) in [6.45, 7) is 0.155. The van der Waals surface area contributed by atoms with Crippen molar-refractivity contribution in [2.24, 2.45) is 0 Å². The van der Waals surface area contributed by atoms with Crippen LogP contribution < -0.4 is 0 Å². The molecule has 0 aromatic heterocycles. The highest BCUT2D eigenvalue weighted by atomic mass is 32.2. The van der Waals surface area contributed by atoms with E-state index in [0.717, 1.165) is 9.87 Å². The Morgan fingerprint density at radius 3 is 2.40 bits per heavy atom. The molecule has 1 aliphatic rings. The van der Waals surface area contributed by atoms with Gasteiger partial charge in [0.25, 0.3) is 0 Å². The maximum Gasteiger partial charge on any atom is 0.238 e. The Balaban J connectivity index is 2.22. The molecule has 1 fully saturated rings. The van der Waals surface area contributed by atoms with Gasteiger partial charge in [-0.05, 0) is 5.56 Å². The maximum atomic E-state index is 11.5. The Morgan fingerprint density at radius 2 is 1.87 bits per heavy atom. The van der Waals surface area contributed by atoms with E-state index in [1.807, 2.05) is 18.2 Å². The van der Waals surface area contributed by atoms with E-state index in [9.17, 15) is 13.2 Å². The molecule has 0 atom stereocenters. The molecule has 1 saturated heterocycles. The summed E-state index contributed by atoms with van der Waals surface area (Å²) < 4.78 is 23.9. The molecule has 4 nitrogen and oxygen atoms in total. The van der Waals surface area contributed by atoms with Crippen LogP contribution in [-0.2, 0) is 21.4 Å². The Morgan fingerprint density at radius 1 is 1.20 bits per heavy atom. The fourth-order valence-corrected chi connectivity index (χ4v) is 2.94. The topological polar surface area (TPSA) is 54.5 Å². The van der Waals surface area contributed by atoms with Crippen molar-refractivity contribution in [1.82, 2.24) is 4.31 Å². The van der Waals surface area contributed by atoms with Crippen LogP contribution in [0.25, 0.3) is 0 Å². The lowest BCUT2D eigenvalue weighted by atomic mass is 10.2. The van der Waals surface area contributed by atoms with Crippen LogP contribution in [0.5, 0.6) is 0 Å². The van der Waals surface area contributed by atoms with E-state index in [0.29, 0.717) is 0 Å². The molecule has 1 amide bonds. The molecule has 0 saturated carbocycles. The number of nitrogens with zero attached hydrogens (tertiary/aromatic N) is 1. The Bertz CT molecular complexity index is 467. The van der Waals surface area contributed by atoms with Crippen LogP contribution in [0.15, 0.2) is 30.3 Å². The van der Waals surface area contributed by atoms with Gasteiger partial charge in [0.2, 0.25) is 15.9 Å². The summed E-state index contributed by atoms with van der Waals surface area (Å²) in [4.78, 5) is 11.3. The first-order valence-electron chi connectivity index (χ1n) is 4.67. The molecule has 1 aliphatic heterocycles. The van der Waals surface area contributed by atoms with Crippen molar-refractivity contribution in [3.63, 3.8) is 0 Å². The molecule has 80 valence electrons. The molecule has 0 bridgehead atoms. The summed E-state index contributed by atoms with van der Waals surface area (Å²) >= 11 is 0. The third-order valence-electron chi connectivity index (χ3n) is 2.36. The SMILES string of the molecule is O=C1CCS(=O)(=O)N1Cc1ccccc1. The second-order valence-corrected chi connectivity index (χ2v) is 5.46. The van der Waals surface area contributed by atoms with Gasteiger partial charge >= 0.3 is 0 Å². The zero-order valence-electron chi connectivity index (χ0n) is 8.09. The molecule has 15 heavy (non-hydrogen) atoms. The predicted octanol–water partition coefficient (Wildman–Crippen LogP) is 0.749. The fraction of sp³-hybridized carbons (Fsp3) is 0.300. The van der Waals surface area contributed by atoms with E-state index in [2.05, 4.69) is 0 Å². The number of benzene rings is 1. The summed E-state index contributed by atoms with van der Waals surface area (Å²) in [7, 11) is -3.35. The summed E-state index contributed by atoms with van der Waals surface area (Å²) in [6.07, 6.45) is 0.106. The first-order chi connectivity index (χ1) is 7.09. The number of rotatable bonds is 2. The van der Waals surface area contributed by atoms with Gasteiger partial charge in [0.15, 0.2) is 0 Å². The largest absolute Gasteiger partial charge is 0.274 e. The van der Waals surface area contributed by atoms with E-state index < -0.39 is 10.0 Å². The Kier molecular flexibility index (Phi) is 2.48. The van der Waals surface area contributed by atoms with Gasteiger partial charge in [-0.3, -0.25) is 4.79 Å². The zero-order chi connectivity index (χ0) is 10.9. The lowest BCUT2D eigenvalue weighted by Crippen LogP contribution is -2.28. The van der Waals surface area contributed by atoms with Crippen molar-refractivity contribution in [1.29, 1.82) is 0 Å². The molecule has 0 spiro atoms. The van der Waals surface area contributed by atoms with Gasteiger partial charge in [0.1, 0.15) is 0 Å². The minimum Gasteiger partial charge on any atom is -0.274 e. The smallest absolute Gasteiger partial charge is 0.238 e. The van der Waals surface area contributed by atoms with Crippen LogP contribution in [-0.4, -0.2) is 24.4 Å². The summed E-state index contributed by atoms with van der Waals surface area (Å²) in [6, 6.07) is 9.11. The highest BCUT2D eigenvalue weighted by molar-refractivity contribution is 7.90. The van der Waals surface area contributed by atoms with Gasteiger partial charge in [-0.1, -0.05) is 30.3 Å². The van der Waals surface area contributed by atoms with Crippen LogP contribution in [0, 0.1) is 0 Å². The van der Waals surface area contributed by atoms with E-state index >= 15 is 0 Å². The van der Waals surface area contributed by atoms with E-state index in [-0.39, 0.29) is 24.6 Å². The molecule has 1 aromatic carbocycles. The lowest BCUT2D eigenvalue weighted by molar-refractivity contribution is -0.125. The molecule has 0 aliphatic carbocycles. The standard InChI is InChI=1S/C10H11NO3S/c12-10-6-7-15(13,14)11(10)8-9-4-2-1-3-5-9/h1-5H,6-8H2. The second kappa shape index (κ2) is 3.66. The highest BCUT2D eigenvalue weighted by Crippen LogP contribution is 2.18. The van der Waals surface area contributed by atoms with Crippen LogP contribution in [0.1, 0.15) is 12.0 Å². The van der Waals surface area contributed by atoms with Gasteiger partial charge in [-0.2, -0.15) is 0 Å². The first kappa shape index (κ1) is 10.2. The summed E-state index contributed by atoms with van der Waals surface area (Å²) in [5, 5.41) is 0. The van der Waals surface area contributed by atoms with Crippen LogP contribution in [0.2, 0.25) is 0 Å². The summed E-state index contributed by atoms with van der Waals surface area (Å²) in [5.41, 5.74) is 0.830. The molecular formula is C10H11NO3S. The minimum absolute atomic E-state index is 0.0569. The molecule has 1 aromatic rings. The lowest BCUT2D eigenvalue weighted by Gasteiger charge is -2.14. The third kappa shape index (κ3) is 2.02. The minimum atomic E-state index is -3.35. The molecule has 1 heterocycles. The highest BCUT2D eigenvalue weighted by Gasteiger charge is 2.34. The molecule has 0 radical (unpaired) electrons. The monoisotopic (exact) mass is 225 g/mol. The van der Waals surface area contributed by atoms with Crippen molar-refractivity contribution < 1.29 is 13.2 Å². The summed E-state index contributed by atoms with van der Waals surface area (Å²) in [5.74, 6) is -0.363. The molecular weight excluding hydrogens is 214 g/mol. The number of amides is 1. The van der Waals surface area contributed by atoms with Crippen LogP contribution in [0.4, 0.5) is 0 Å². The van der Waals surface area contributed by atoms with Crippen LogP contribution >= 0.6 is 0 Å². The molecule has 5 heteroatoms. The van der Waals surface area contributed by atoms with Gasteiger partial charge in [-0.25, -0.2) is 12.7 Å². The normalized spacial score (nSPS) is 19.5. The predicted molar refractivity (Wildman–Crippen MR) is 55.4 cm³/mol. The van der Waals surface area contributed by atoms with Gasteiger partial charge in [0, 0.05) is 6.42 Å². The van der Waals surface area contributed by atoms with E-state index in [1.54, 1.807) is 12.1 Å². The van der Waals surface area contributed by atoms with Gasteiger partial charge in [0.05, 0.1) is 12.3 Å². The number of carbonyl (C=O) groups is 1. The maximum absolute atomic E-state index is 11.5. The van der Waals surface area contributed by atoms with Crippen LogP contribution in [0.3, 0.4) is 0 Å². The number of hydrogen-bond acceptors (Lipinski definition) is 3. The van der Waals surface area contributed by atoms with E-state index in [1.165, 1.54) is 0 Å². The van der Waals surface area contributed by atoms with Gasteiger partial charge < -0.3 is 0 Å². The second-order valence-electron chi connectivity index (χ2n) is 3.45. The van der Waals surface area contributed by atoms with Crippen molar-refractivity contribution in [2.75, 3.05) is 5.75 Å². The first-order valence-corrected chi connectivity index (χ1v) is 6.28. The average Bonchev–Trinajstić information content (AvgIpc) is 2.47. The molecule has 2 rings (SSSR count). The Labute approximate surface area is 88.6 Å². The van der Waals surface area contributed by atoms with Crippen molar-refractivity contribution in [3.8, 4) is 0 Å². The van der Waals surface area contributed by atoms with Crippen molar-refractivity contribution >= 4 is 15.9 Å². The zero-order valence-corrected chi connectivity index (χ0v) is 8.90. The van der Waals surface area contributed by atoms with Crippen molar-refractivity contribution in [2.45, 2.75) is 13.0 Å². The third-order valence-corrected chi connectivity index (χ3v) is 4.08. The average molecular weight is 225 g/mol. The quantitative estimate of drug-likeness (QED) is 0.746. The Hall–Kier alpha value is -1.36. The molecule has 0 N–H and O–H groups in total. The number of hydrogen-bond donors (Lipinski definition) is 0. The van der Waals surface area contributed by atoms with E-state index in [4.69, 9.17) is 0 Å². The number of sulfonamides is 1. The van der Waals surface area contributed by atoms with Gasteiger partial charge in [-0.15, -0.1) is 0 Å². The molecule has 0 unspecified atom stereocenters. The van der Waals surface area contributed by atoms with Crippen molar-refractivity contribution in [3.05, 3.63) is 35.9 Å².